The summed E-state index contributed by atoms with van der Waals surface area (Å²) in [6, 6.07) is 9.04. The third-order valence-electron chi connectivity index (χ3n) is 4.45. The summed E-state index contributed by atoms with van der Waals surface area (Å²) in [4.78, 5) is 12.5. The summed E-state index contributed by atoms with van der Waals surface area (Å²) in [7, 11) is -2.18. The van der Waals surface area contributed by atoms with E-state index in [2.05, 4.69) is 26.5 Å². The van der Waals surface area contributed by atoms with Crippen LogP contribution in [0.3, 0.4) is 0 Å². The number of sulfonamides is 1. The molecule has 1 amide bonds. The van der Waals surface area contributed by atoms with Crippen molar-refractivity contribution in [3.63, 3.8) is 0 Å². The second-order valence-corrected chi connectivity index (χ2v) is 9.18. The number of nitrogens with zero attached hydrogens (tertiary/aromatic N) is 2. The fourth-order valence-electron chi connectivity index (χ4n) is 2.93. The molecule has 154 valence electrons. The minimum atomic E-state index is -3.60. The van der Waals surface area contributed by atoms with Crippen LogP contribution >= 0.6 is 15.9 Å². The van der Waals surface area contributed by atoms with Gasteiger partial charge in [-0.3, -0.25) is 4.79 Å². The van der Waals surface area contributed by atoms with E-state index in [1.54, 1.807) is 12.1 Å². The Hall–Kier alpha value is -2.43. The van der Waals surface area contributed by atoms with Crippen molar-refractivity contribution in [3.05, 3.63) is 52.0 Å². The second kappa shape index (κ2) is 8.93. The number of carbonyl (C=O) groups is 1. The van der Waals surface area contributed by atoms with Gasteiger partial charge in [0.05, 0.1) is 22.7 Å². The van der Waals surface area contributed by atoms with Crippen LogP contribution in [0.4, 0.5) is 0 Å². The van der Waals surface area contributed by atoms with Gasteiger partial charge in [-0.25, -0.2) is 13.8 Å². The summed E-state index contributed by atoms with van der Waals surface area (Å²) in [6.07, 6.45) is 3.06. The maximum Gasteiger partial charge on any atom is 0.271 e. The zero-order valence-electron chi connectivity index (χ0n) is 15.6. The highest BCUT2D eigenvalue weighted by Gasteiger charge is 2.27. The van der Waals surface area contributed by atoms with Crippen molar-refractivity contribution < 1.29 is 23.1 Å². The zero-order valence-corrected chi connectivity index (χ0v) is 18.0. The number of hydrazone groups is 1. The first-order chi connectivity index (χ1) is 13.8. The van der Waals surface area contributed by atoms with E-state index < -0.39 is 15.9 Å². The molecule has 0 spiro atoms. The molecule has 10 heteroatoms. The van der Waals surface area contributed by atoms with Gasteiger partial charge in [-0.15, -0.1) is 0 Å². The number of hydrogen-bond acceptors (Lipinski definition) is 6. The van der Waals surface area contributed by atoms with Gasteiger partial charge >= 0.3 is 0 Å². The quantitative estimate of drug-likeness (QED) is 0.486. The van der Waals surface area contributed by atoms with Crippen molar-refractivity contribution in [3.8, 4) is 11.5 Å². The Balaban J connectivity index is 1.73. The molecular weight excluding hydrogens is 462 g/mol. The topological polar surface area (TPSA) is 108 Å². The van der Waals surface area contributed by atoms with E-state index in [0.717, 1.165) is 12.8 Å². The molecule has 0 bridgehead atoms. The predicted molar refractivity (Wildman–Crippen MR) is 112 cm³/mol. The highest BCUT2D eigenvalue weighted by molar-refractivity contribution is 9.10. The summed E-state index contributed by atoms with van der Waals surface area (Å²) in [6.45, 7) is 0.989. The number of hydrogen-bond donors (Lipinski definition) is 2. The molecule has 0 atom stereocenters. The molecule has 1 fully saturated rings. The van der Waals surface area contributed by atoms with E-state index in [9.17, 15) is 18.3 Å². The molecule has 1 aliphatic rings. The van der Waals surface area contributed by atoms with Gasteiger partial charge in [-0.2, -0.15) is 9.41 Å². The number of nitrogens with one attached hydrogen (secondary N) is 1. The smallest absolute Gasteiger partial charge is 0.271 e. The molecule has 3 rings (SSSR count). The van der Waals surface area contributed by atoms with Crippen LogP contribution in [0.5, 0.6) is 11.5 Å². The van der Waals surface area contributed by atoms with Gasteiger partial charge in [0.2, 0.25) is 10.0 Å². The predicted octanol–water partition coefficient (Wildman–Crippen LogP) is 2.71. The highest BCUT2D eigenvalue weighted by Crippen LogP contribution is 2.34. The molecule has 8 nitrogen and oxygen atoms in total. The van der Waals surface area contributed by atoms with Crippen molar-refractivity contribution in [2.24, 2.45) is 5.10 Å². The number of ether oxygens (including phenoxy) is 1. The van der Waals surface area contributed by atoms with Crippen LogP contribution in [-0.4, -0.2) is 50.2 Å². The summed E-state index contributed by atoms with van der Waals surface area (Å²) in [5.74, 6) is -0.318. The Labute approximate surface area is 177 Å². The molecule has 1 aliphatic heterocycles. The highest BCUT2D eigenvalue weighted by atomic mass is 79.9. The molecule has 1 heterocycles. The van der Waals surface area contributed by atoms with E-state index in [-0.39, 0.29) is 22.0 Å². The van der Waals surface area contributed by atoms with Crippen LogP contribution < -0.4 is 10.2 Å². The number of halogens is 1. The van der Waals surface area contributed by atoms with Crippen molar-refractivity contribution in [1.82, 2.24) is 9.73 Å². The lowest BCUT2D eigenvalue weighted by Crippen LogP contribution is -2.28. The number of benzene rings is 2. The molecular formula is C19H20BrN3O5S. The van der Waals surface area contributed by atoms with E-state index in [4.69, 9.17) is 4.74 Å². The van der Waals surface area contributed by atoms with Gasteiger partial charge in [0.15, 0.2) is 11.5 Å². The van der Waals surface area contributed by atoms with Crippen LogP contribution in [0.2, 0.25) is 0 Å². The Morgan fingerprint density at radius 2 is 2.00 bits per heavy atom. The average Bonchev–Trinajstić information content (AvgIpc) is 3.26. The third-order valence-corrected chi connectivity index (χ3v) is 6.95. The first-order valence-corrected chi connectivity index (χ1v) is 11.1. The van der Waals surface area contributed by atoms with Crippen molar-refractivity contribution in [2.45, 2.75) is 17.7 Å². The lowest BCUT2D eigenvalue weighted by Gasteiger charge is -2.15. The molecule has 1 saturated heterocycles. The number of aromatic hydroxyl groups is 1. The lowest BCUT2D eigenvalue weighted by molar-refractivity contribution is 0.0955. The zero-order chi connectivity index (χ0) is 21.0. The van der Waals surface area contributed by atoms with Crippen LogP contribution in [-0.2, 0) is 10.0 Å². The summed E-state index contributed by atoms with van der Waals surface area (Å²) in [5.41, 5.74) is 3.14. The Morgan fingerprint density at radius 1 is 1.28 bits per heavy atom. The number of methoxy groups -OCH3 is 1. The Bertz CT molecular complexity index is 1050. The van der Waals surface area contributed by atoms with Gasteiger partial charge < -0.3 is 9.84 Å². The summed E-state index contributed by atoms with van der Waals surface area (Å²) < 4.78 is 32.2. The van der Waals surface area contributed by atoms with Crippen molar-refractivity contribution >= 4 is 38.1 Å². The number of phenolic OH excluding ortho intramolecular Hbond substituents is 1. The van der Waals surface area contributed by atoms with Crippen LogP contribution in [0.25, 0.3) is 0 Å². The standard InChI is InChI=1S/C19H20BrN3O5S/c1-28-17-10-13(9-16(20)18(17)24)12-21-22-19(25)14-5-4-6-15(11-14)29(26,27)23-7-2-3-8-23/h4-6,9-12,24H,2-3,7-8H2,1H3,(H,22,25)/b21-12+. The van der Waals surface area contributed by atoms with Crippen LogP contribution in [0.1, 0.15) is 28.8 Å². The van der Waals surface area contributed by atoms with Gasteiger partial charge in [0.25, 0.3) is 5.91 Å². The molecule has 29 heavy (non-hydrogen) atoms. The first-order valence-electron chi connectivity index (χ1n) is 8.83. The Morgan fingerprint density at radius 3 is 2.69 bits per heavy atom. The Kier molecular flexibility index (Phi) is 6.56. The van der Waals surface area contributed by atoms with Gasteiger partial charge in [-0.05, 0) is 64.7 Å². The first kappa shape index (κ1) is 21.3. The van der Waals surface area contributed by atoms with Gasteiger partial charge in [0.1, 0.15) is 0 Å². The number of rotatable bonds is 6. The summed E-state index contributed by atoms with van der Waals surface area (Å²) in [5, 5.41) is 13.7. The monoisotopic (exact) mass is 481 g/mol. The average molecular weight is 482 g/mol. The van der Waals surface area contributed by atoms with Crippen LogP contribution in [0, 0.1) is 0 Å². The molecule has 0 unspecified atom stereocenters. The molecule has 0 aromatic heterocycles. The minimum Gasteiger partial charge on any atom is -0.503 e. The fourth-order valence-corrected chi connectivity index (χ4v) is 4.95. The van der Waals surface area contributed by atoms with E-state index in [0.29, 0.717) is 23.1 Å². The van der Waals surface area contributed by atoms with E-state index >= 15 is 0 Å². The second-order valence-electron chi connectivity index (χ2n) is 6.39. The molecule has 0 radical (unpaired) electrons. The van der Waals surface area contributed by atoms with Crippen molar-refractivity contribution in [2.75, 3.05) is 20.2 Å². The van der Waals surface area contributed by atoms with Crippen LogP contribution in [0.15, 0.2) is 50.9 Å². The largest absolute Gasteiger partial charge is 0.503 e. The SMILES string of the molecule is COc1cc(/C=N/NC(=O)c2cccc(S(=O)(=O)N3CCCC3)c2)cc(Br)c1O. The third kappa shape index (κ3) is 4.77. The normalized spacial score (nSPS) is 15.0. The van der Waals surface area contributed by atoms with E-state index in [1.165, 1.54) is 41.9 Å². The van der Waals surface area contributed by atoms with Gasteiger partial charge in [-0.1, -0.05) is 6.07 Å². The minimum absolute atomic E-state index is 0.0373. The fraction of sp³-hybridized carbons (Fsp3) is 0.263. The maximum atomic E-state index is 12.7. The van der Waals surface area contributed by atoms with E-state index in [1.807, 2.05) is 0 Å². The van der Waals surface area contributed by atoms with Gasteiger partial charge in [0, 0.05) is 18.7 Å². The molecule has 0 aliphatic carbocycles. The lowest BCUT2D eigenvalue weighted by atomic mass is 10.2. The number of carbonyl (C=O) groups excluding carboxylic acids is 1. The number of phenols is 1. The molecule has 0 saturated carbocycles. The van der Waals surface area contributed by atoms with Crippen molar-refractivity contribution in [1.29, 1.82) is 0 Å². The molecule has 2 aromatic rings. The number of amides is 1. The maximum absolute atomic E-state index is 12.7. The summed E-state index contributed by atoms with van der Waals surface area (Å²) >= 11 is 3.21. The molecule has 2 aromatic carbocycles. The molecule has 2 N–H and O–H groups in total.